The summed E-state index contributed by atoms with van der Waals surface area (Å²) in [6.45, 7) is 6.56. The molecule has 3 heteroatoms. The van der Waals surface area contributed by atoms with Gasteiger partial charge in [-0.15, -0.1) is 4.91 Å². The molecule has 0 aromatic heterocycles. The van der Waals surface area contributed by atoms with Gasteiger partial charge in [0.25, 0.3) is 0 Å². The van der Waals surface area contributed by atoms with E-state index in [0.29, 0.717) is 5.92 Å². The Labute approximate surface area is 84.0 Å². The molecule has 0 heterocycles. The van der Waals surface area contributed by atoms with Gasteiger partial charge >= 0.3 is 0 Å². The largest absolute Gasteiger partial charge is 0.181 e. The minimum absolute atomic E-state index is 0.103. The first-order valence-corrected chi connectivity index (χ1v) is 5.29. The van der Waals surface area contributed by atoms with Crippen LogP contribution in [0.3, 0.4) is 0 Å². The summed E-state index contributed by atoms with van der Waals surface area (Å²) in [5, 5.41) is 3.18. The molecule has 2 aliphatic rings. The number of fused-ring (bicyclic) bond motifs is 2. The van der Waals surface area contributed by atoms with Gasteiger partial charge in [0.15, 0.2) is 5.00 Å². The molecule has 0 saturated heterocycles. The van der Waals surface area contributed by atoms with Crippen molar-refractivity contribution in [1.82, 2.24) is 0 Å². The van der Waals surface area contributed by atoms with Gasteiger partial charge in [-0.2, -0.15) is 0 Å². The van der Waals surface area contributed by atoms with Crippen LogP contribution in [0.25, 0.3) is 0 Å². The fraction of sp³-hybridized carbons (Fsp3) is 1.00. The number of rotatable bonds is 1. The Kier molecular flexibility index (Phi) is 1.65. The third-order valence-electron chi connectivity index (χ3n) is 4.94. The smallest absolute Gasteiger partial charge is 0.149 e. The van der Waals surface area contributed by atoms with Crippen LogP contribution in [-0.2, 0) is 0 Å². The second-order valence-corrected chi connectivity index (χ2v) is 5.97. The number of alkyl halides is 1. The van der Waals surface area contributed by atoms with E-state index in [1.54, 1.807) is 0 Å². The summed E-state index contributed by atoms with van der Waals surface area (Å²) in [6, 6.07) is 0. The van der Waals surface area contributed by atoms with E-state index < -0.39 is 5.00 Å². The van der Waals surface area contributed by atoms with Gasteiger partial charge in [-0.3, -0.25) is 0 Å². The van der Waals surface area contributed by atoms with E-state index in [2.05, 4.69) is 25.9 Å². The summed E-state index contributed by atoms with van der Waals surface area (Å²) in [4.78, 5) is 10.00. The summed E-state index contributed by atoms with van der Waals surface area (Å²) in [6.07, 6.45) is 3.01. The van der Waals surface area contributed by atoms with E-state index in [9.17, 15) is 4.91 Å². The Balaban J connectivity index is 2.49. The normalized spacial score (nSPS) is 52.5. The van der Waals surface area contributed by atoms with Crippen molar-refractivity contribution < 1.29 is 0 Å². The molecule has 0 spiro atoms. The predicted molar refractivity (Wildman–Crippen MR) is 53.6 cm³/mol. The van der Waals surface area contributed by atoms with Crippen molar-refractivity contribution >= 4 is 11.6 Å². The van der Waals surface area contributed by atoms with Crippen LogP contribution in [0, 0.1) is 21.7 Å². The van der Waals surface area contributed by atoms with Crippen molar-refractivity contribution in [3.8, 4) is 0 Å². The van der Waals surface area contributed by atoms with Crippen LogP contribution >= 0.6 is 11.6 Å². The highest BCUT2D eigenvalue weighted by molar-refractivity contribution is 6.24. The predicted octanol–water partition coefficient (Wildman–Crippen LogP) is 3.53. The van der Waals surface area contributed by atoms with Crippen molar-refractivity contribution in [1.29, 1.82) is 0 Å². The van der Waals surface area contributed by atoms with E-state index >= 15 is 0 Å². The Morgan fingerprint density at radius 3 is 2.23 bits per heavy atom. The van der Waals surface area contributed by atoms with Crippen LogP contribution in [0.4, 0.5) is 0 Å². The zero-order valence-corrected chi connectivity index (χ0v) is 9.19. The molecule has 0 aliphatic heterocycles. The average molecular weight is 202 g/mol. The van der Waals surface area contributed by atoms with Gasteiger partial charge in [-0.25, -0.2) is 0 Å². The fourth-order valence-corrected chi connectivity index (χ4v) is 3.85. The van der Waals surface area contributed by atoms with Crippen molar-refractivity contribution in [3.63, 3.8) is 0 Å². The van der Waals surface area contributed by atoms with Crippen molar-refractivity contribution in [2.45, 2.75) is 45.0 Å². The van der Waals surface area contributed by atoms with Crippen LogP contribution < -0.4 is 0 Å². The topological polar surface area (TPSA) is 29.4 Å². The Morgan fingerprint density at radius 2 is 2.00 bits per heavy atom. The number of nitroso groups, excluding NO2 is 1. The lowest BCUT2D eigenvalue weighted by molar-refractivity contribution is 0.121. The molecule has 0 aromatic carbocycles. The quantitative estimate of drug-likeness (QED) is 0.363. The lowest BCUT2D eigenvalue weighted by Gasteiger charge is -2.40. The Hall–Kier alpha value is -0.110. The molecule has 0 N–H and O–H groups in total. The summed E-state index contributed by atoms with van der Waals surface area (Å²) >= 11 is 6.30. The maximum absolute atomic E-state index is 10.8. The van der Waals surface area contributed by atoms with E-state index in [-0.39, 0.29) is 10.8 Å². The molecule has 2 rings (SSSR count). The summed E-state index contributed by atoms with van der Waals surface area (Å²) in [7, 11) is 0. The van der Waals surface area contributed by atoms with Crippen molar-refractivity contribution in [2.24, 2.45) is 21.9 Å². The van der Waals surface area contributed by atoms with E-state index in [0.717, 1.165) is 12.8 Å². The Morgan fingerprint density at radius 1 is 1.38 bits per heavy atom. The first-order valence-electron chi connectivity index (χ1n) is 4.91. The molecule has 0 amide bonds. The average Bonchev–Trinajstić information content (AvgIpc) is 2.36. The molecular formula is C10H16ClNO. The molecule has 2 nitrogen and oxygen atoms in total. The third kappa shape index (κ3) is 0.810. The summed E-state index contributed by atoms with van der Waals surface area (Å²) in [5.74, 6) is 0.577. The van der Waals surface area contributed by atoms with Crippen LogP contribution in [0.2, 0.25) is 0 Å². The lowest BCUT2D eigenvalue weighted by atomic mass is 9.69. The van der Waals surface area contributed by atoms with Gasteiger partial charge in [0, 0.05) is 5.41 Å². The second kappa shape index (κ2) is 2.28. The molecule has 3 atom stereocenters. The zero-order chi connectivity index (χ0) is 9.91. The standard InChI is InChI=1S/C10H16ClNO/c1-8(2)7-4-5-9(8,3)10(11,6-7)12-13/h7H,4-6H2,1-3H3/t7-,9-,10-/m1/s1. The highest BCUT2D eigenvalue weighted by Gasteiger charge is 2.69. The van der Waals surface area contributed by atoms with Crippen molar-refractivity contribution in [2.75, 3.05) is 0 Å². The molecule has 2 bridgehead atoms. The monoisotopic (exact) mass is 201 g/mol. The van der Waals surface area contributed by atoms with Crippen LogP contribution in [0.5, 0.6) is 0 Å². The minimum Gasteiger partial charge on any atom is -0.149 e. The summed E-state index contributed by atoms with van der Waals surface area (Å²) < 4.78 is 0. The number of nitrogens with zero attached hydrogens (tertiary/aromatic N) is 1. The van der Waals surface area contributed by atoms with Crippen LogP contribution in [0.15, 0.2) is 5.18 Å². The second-order valence-electron chi connectivity index (χ2n) is 5.34. The molecule has 2 saturated carbocycles. The summed E-state index contributed by atoms with van der Waals surface area (Å²) in [5.41, 5.74) is 0.0661. The minimum atomic E-state index is -0.834. The molecule has 2 fully saturated rings. The van der Waals surface area contributed by atoms with Gasteiger partial charge in [0.1, 0.15) is 0 Å². The Bertz CT molecular complexity index is 266. The maximum Gasteiger partial charge on any atom is 0.181 e. The van der Waals surface area contributed by atoms with Crippen LogP contribution in [0.1, 0.15) is 40.0 Å². The van der Waals surface area contributed by atoms with Crippen LogP contribution in [-0.4, -0.2) is 5.00 Å². The molecule has 0 unspecified atom stereocenters. The van der Waals surface area contributed by atoms with E-state index in [1.807, 2.05) is 0 Å². The van der Waals surface area contributed by atoms with Gasteiger partial charge in [-0.05, 0) is 35.8 Å². The molecule has 2 aliphatic carbocycles. The maximum atomic E-state index is 10.8. The first kappa shape index (κ1) is 9.45. The number of hydrogen-bond donors (Lipinski definition) is 0. The highest BCUT2D eigenvalue weighted by Crippen LogP contribution is 2.71. The fourth-order valence-electron chi connectivity index (χ4n) is 3.33. The molecule has 74 valence electrons. The molecule has 0 radical (unpaired) electrons. The lowest BCUT2D eigenvalue weighted by Crippen LogP contribution is -2.41. The van der Waals surface area contributed by atoms with Gasteiger partial charge < -0.3 is 0 Å². The van der Waals surface area contributed by atoms with Crippen molar-refractivity contribution in [3.05, 3.63) is 4.91 Å². The SMILES string of the molecule is CC1(C)[C@@H]2CC[C@@]1(C)[C@](Cl)(N=O)C2. The highest BCUT2D eigenvalue weighted by atomic mass is 35.5. The third-order valence-corrected chi connectivity index (χ3v) is 5.58. The van der Waals surface area contributed by atoms with Gasteiger partial charge in [0.05, 0.1) is 0 Å². The van der Waals surface area contributed by atoms with Gasteiger partial charge in [-0.1, -0.05) is 32.4 Å². The first-order chi connectivity index (χ1) is 5.87. The molecular weight excluding hydrogens is 186 g/mol. The zero-order valence-electron chi connectivity index (χ0n) is 8.43. The van der Waals surface area contributed by atoms with Gasteiger partial charge in [0.2, 0.25) is 0 Å². The molecule has 13 heavy (non-hydrogen) atoms. The molecule has 0 aromatic rings. The van der Waals surface area contributed by atoms with E-state index in [4.69, 9.17) is 11.6 Å². The van der Waals surface area contributed by atoms with E-state index in [1.165, 1.54) is 6.42 Å². The number of hydrogen-bond acceptors (Lipinski definition) is 2. The number of halogens is 1.